The monoisotopic (exact) mass is 220 g/mol. The van der Waals surface area contributed by atoms with E-state index in [1.54, 1.807) is 0 Å². The minimum absolute atomic E-state index is 0.0393. The fourth-order valence-corrected chi connectivity index (χ4v) is 5.40. The first-order valence-corrected chi connectivity index (χ1v) is 9.45. The van der Waals surface area contributed by atoms with E-state index in [0.29, 0.717) is 6.42 Å². The van der Waals surface area contributed by atoms with Crippen LogP contribution >= 0.6 is 0 Å². The molecule has 0 aromatic rings. The molecule has 0 heterocycles. The van der Waals surface area contributed by atoms with Crippen molar-refractivity contribution in [3.63, 3.8) is 0 Å². The summed E-state index contributed by atoms with van der Waals surface area (Å²) in [6.45, 7) is 4.48. The Morgan fingerprint density at radius 2 is 1.91 bits per heavy atom. The third-order valence-corrected chi connectivity index (χ3v) is 9.30. The molecule has 0 aromatic carbocycles. The topological polar surface area (TPSA) is 26.3 Å². The number of esters is 1. The van der Waals surface area contributed by atoms with Gasteiger partial charge >= 0.3 is 73.0 Å². The van der Waals surface area contributed by atoms with E-state index in [4.69, 9.17) is 0 Å². The molecule has 2 nitrogen and oxygen atoms in total. The Hall–Kier alpha value is 0.0129. The van der Waals surface area contributed by atoms with Crippen LogP contribution in [0.3, 0.4) is 0 Å². The van der Waals surface area contributed by atoms with Crippen LogP contribution in [0.25, 0.3) is 0 Å². The SMILES string of the molecule is C[CH2][GeH]([CH2]C)[CH2]CC(=O)OC. The number of carbonyl (C=O) groups is 1. The van der Waals surface area contributed by atoms with Gasteiger partial charge in [0.15, 0.2) is 0 Å². The predicted octanol–water partition coefficient (Wildman–Crippen LogP) is 1.82. The van der Waals surface area contributed by atoms with Gasteiger partial charge in [0.2, 0.25) is 0 Å². The van der Waals surface area contributed by atoms with E-state index in [2.05, 4.69) is 18.6 Å². The van der Waals surface area contributed by atoms with Gasteiger partial charge in [-0.2, -0.15) is 0 Å². The van der Waals surface area contributed by atoms with E-state index in [0.717, 1.165) is 5.25 Å². The van der Waals surface area contributed by atoms with E-state index >= 15 is 0 Å². The molecule has 0 saturated heterocycles. The molecule has 0 aliphatic rings. The second-order valence-electron chi connectivity index (χ2n) is 2.80. The van der Waals surface area contributed by atoms with Gasteiger partial charge in [0, 0.05) is 0 Å². The number of hydrogen-bond acceptors (Lipinski definition) is 2. The van der Waals surface area contributed by atoms with E-state index in [-0.39, 0.29) is 5.97 Å². The number of rotatable bonds is 5. The molecule has 66 valence electrons. The van der Waals surface area contributed by atoms with Gasteiger partial charge in [-0.05, 0) is 0 Å². The maximum absolute atomic E-state index is 10.8. The molecule has 0 saturated carbocycles. The normalized spacial score (nSPS) is 10.2. The fraction of sp³-hybridized carbons (Fsp3) is 0.875. The summed E-state index contributed by atoms with van der Waals surface area (Å²) in [5.74, 6) is -0.0393. The minimum atomic E-state index is -1.00. The molecule has 0 atom stereocenters. The Morgan fingerprint density at radius 1 is 1.36 bits per heavy atom. The quantitative estimate of drug-likeness (QED) is 0.520. The molecule has 0 aliphatic carbocycles. The van der Waals surface area contributed by atoms with Crippen LogP contribution in [-0.4, -0.2) is 27.4 Å². The number of hydrogen-bond donors (Lipinski definition) is 0. The summed E-state index contributed by atoms with van der Waals surface area (Å²) < 4.78 is 4.58. The predicted molar refractivity (Wildman–Crippen MR) is 49.6 cm³/mol. The van der Waals surface area contributed by atoms with Crippen LogP contribution in [0.4, 0.5) is 0 Å². The van der Waals surface area contributed by atoms with E-state index in [1.807, 2.05) is 0 Å². The van der Waals surface area contributed by atoms with Gasteiger partial charge < -0.3 is 0 Å². The first-order valence-electron chi connectivity index (χ1n) is 4.31. The third-order valence-electron chi connectivity index (χ3n) is 2.14. The standard InChI is InChI=1S/C8H18GeO2/c1-4-9(5-2)7-6-8(10)11-3/h9H,4-7H2,1-3H3. The van der Waals surface area contributed by atoms with Gasteiger partial charge in [-0.25, -0.2) is 0 Å². The molecule has 0 N–H and O–H groups in total. The second kappa shape index (κ2) is 6.71. The Morgan fingerprint density at radius 3 is 2.27 bits per heavy atom. The van der Waals surface area contributed by atoms with E-state index in [9.17, 15) is 4.79 Å². The molecular formula is C8H18GeO2. The molecule has 3 heteroatoms. The Kier molecular flexibility index (Phi) is 6.71. The molecule has 0 radical (unpaired) electrons. The van der Waals surface area contributed by atoms with Crippen molar-refractivity contribution in [3.05, 3.63) is 0 Å². The van der Waals surface area contributed by atoms with Crippen molar-refractivity contribution < 1.29 is 9.53 Å². The van der Waals surface area contributed by atoms with Gasteiger partial charge in [0.25, 0.3) is 0 Å². The molecule has 0 aromatic heterocycles. The molecule has 0 amide bonds. The van der Waals surface area contributed by atoms with Crippen LogP contribution in [0.1, 0.15) is 20.3 Å². The van der Waals surface area contributed by atoms with Crippen LogP contribution < -0.4 is 0 Å². The van der Waals surface area contributed by atoms with Crippen molar-refractivity contribution >= 4 is 20.3 Å². The zero-order valence-corrected chi connectivity index (χ0v) is 10.1. The zero-order chi connectivity index (χ0) is 8.69. The average molecular weight is 219 g/mol. The Labute approximate surface area is 73.4 Å². The van der Waals surface area contributed by atoms with Gasteiger partial charge in [-0.1, -0.05) is 0 Å². The maximum atomic E-state index is 10.8. The van der Waals surface area contributed by atoms with Crippen molar-refractivity contribution in [2.45, 2.75) is 36.0 Å². The fourth-order valence-electron chi connectivity index (χ4n) is 1.12. The van der Waals surface area contributed by atoms with Crippen molar-refractivity contribution in [1.82, 2.24) is 0 Å². The van der Waals surface area contributed by atoms with Crippen LogP contribution in [0.15, 0.2) is 0 Å². The molecule has 0 fully saturated rings. The number of ether oxygens (including phenoxy) is 1. The summed E-state index contributed by atoms with van der Waals surface area (Å²) in [5.41, 5.74) is 0. The summed E-state index contributed by atoms with van der Waals surface area (Å²) >= 11 is -1.00. The van der Waals surface area contributed by atoms with E-state index < -0.39 is 14.3 Å². The van der Waals surface area contributed by atoms with Gasteiger partial charge in [0.05, 0.1) is 0 Å². The van der Waals surface area contributed by atoms with Crippen molar-refractivity contribution in [3.8, 4) is 0 Å². The van der Waals surface area contributed by atoms with Crippen molar-refractivity contribution in [1.29, 1.82) is 0 Å². The Balaban J connectivity index is 3.42. The van der Waals surface area contributed by atoms with Crippen molar-refractivity contribution in [2.75, 3.05) is 7.11 Å². The third kappa shape index (κ3) is 5.30. The summed E-state index contributed by atoms with van der Waals surface area (Å²) in [6, 6.07) is 0. The average Bonchev–Trinajstić information content (AvgIpc) is 2.06. The van der Waals surface area contributed by atoms with Crippen LogP contribution in [0, 0.1) is 0 Å². The van der Waals surface area contributed by atoms with Gasteiger partial charge in [-0.15, -0.1) is 0 Å². The summed E-state index contributed by atoms with van der Waals surface area (Å²) in [6.07, 6.45) is 0.656. The molecule has 11 heavy (non-hydrogen) atoms. The van der Waals surface area contributed by atoms with Crippen molar-refractivity contribution in [2.24, 2.45) is 0 Å². The number of methoxy groups -OCH3 is 1. The molecular weight excluding hydrogens is 201 g/mol. The first-order chi connectivity index (χ1) is 5.24. The van der Waals surface area contributed by atoms with E-state index in [1.165, 1.54) is 17.6 Å². The van der Waals surface area contributed by atoms with Gasteiger partial charge in [0.1, 0.15) is 0 Å². The first kappa shape index (κ1) is 11.0. The molecule has 0 rings (SSSR count). The summed E-state index contributed by atoms with van der Waals surface area (Å²) in [5, 5.41) is 3.85. The summed E-state index contributed by atoms with van der Waals surface area (Å²) in [4.78, 5) is 10.8. The van der Waals surface area contributed by atoms with Gasteiger partial charge in [-0.3, -0.25) is 0 Å². The molecule has 0 spiro atoms. The molecule has 0 unspecified atom stereocenters. The zero-order valence-electron chi connectivity index (χ0n) is 7.72. The molecule has 0 aliphatic heterocycles. The Bertz CT molecular complexity index is 111. The number of carbonyl (C=O) groups excluding carboxylic acids is 1. The van der Waals surface area contributed by atoms with Crippen LogP contribution in [-0.2, 0) is 9.53 Å². The van der Waals surface area contributed by atoms with Crippen LogP contribution in [0.5, 0.6) is 0 Å². The molecule has 0 bridgehead atoms. The van der Waals surface area contributed by atoms with Crippen LogP contribution in [0.2, 0.25) is 15.8 Å². The summed E-state index contributed by atoms with van der Waals surface area (Å²) in [7, 11) is 1.46. The second-order valence-corrected chi connectivity index (χ2v) is 11.1.